The van der Waals surface area contributed by atoms with Gasteiger partial charge in [0.1, 0.15) is 12.4 Å². The number of benzene rings is 1. The first kappa shape index (κ1) is 13.7. The van der Waals surface area contributed by atoms with Gasteiger partial charge in [-0.3, -0.25) is 0 Å². The third kappa shape index (κ3) is 3.38. The van der Waals surface area contributed by atoms with E-state index in [4.69, 9.17) is 9.84 Å². The average molecular weight is 280 g/mol. The van der Waals surface area contributed by atoms with Gasteiger partial charge in [0, 0.05) is 5.56 Å². The zero-order valence-corrected chi connectivity index (χ0v) is 11.9. The van der Waals surface area contributed by atoms with Crippen molar-refractivity contribution in [2.75, 3.05) is 25.2 Å². The lowest BCUT2D eigenvalue weighted by atomic mass is 10.1. The second-order valence-corrected chi connectivity index (χ2v) is 6.56. The van der Waals surface area contributed by atoms with Crippen molar-refractivity contribution in [3.05, 3.63) is 29.3 Å². The molecule has 1 aliphatic rings. The Morgan fingerprint density at radius 3 is 2.83 bits per heavy atom. The molecular formula is C14H16O2S2. The van der Waals surface area contributed by atoms with E-state index in [2.05, 4.69) is 17.9 Å². The van der Waals surface area contributed by atoms with Gasteiger partial charge in [0.2, 0.25) is 0 Å². The van der Waals surface area contributed by atoms with Crippen molar-refractivity contribution in [1.29, 1.82) is 0 Å². The average Bonchev–Trinajstić information content (AvgIpc) is 2.46. The number of hydrogen-bond donors (Lipinski definition) is 1. The SMILES string of the molecule is COc1ccc(C#CCO)c(C2SCCCS2)c1. The Morgan fingerprint density at radius 1 is 1.39 bits per heavy atom. The summed E-state index contributed by atoms with van der Waals surface area (Å²) in [6.45, 7) is -0.101. The monoisotopic (exact) mass is 280 g/mol. The molecule has 2 nitrogen and oxygen atoms in total. The maximum Gasteiger partial charge on any atom is 0.119 e. The normalized spacial score (nSPS) is 15.9. The molecule has 4 heteroatoms. The summed E-state index contributed by atoms with van der Waals surface area (Å²) >= 11 is 3.92. The van der Waals surface area contributed by atoms with Crippen molar-refractivity contribution in [3.8, 4) is 17.6 Å². The summed E-state index contributed by atoms with van der Waals surface area (Å²) in [4.78, 5) is 0. The van der Waals surface area contributed by atoms with Crippen LogP contribution in [-0.4, -0.2) is 30.3 Å². The smallest absolute Gasteiger partial charge is 0.119 e. The van der Waals surface area contributed by atoms with Crippen LogP contribution in [0.25, 0.3) is 0 Å². The maximum absolute atomic E-state index is 8.82. The summed E-state index contributed by atoms with van der Waals surface area (Å²) in [5.74, 6) is 9.02. The molecule has 2 rings (SSSR count). The molecule has 0 atom stereocenters. The molecule has 1 aromatic rings. The van der Waals surface area contributed by atoms with E-state index in [1.807, 2.05) is 35.7 Å². The van der Waals surface area contributed by atoms with Gasteiger partial charge in [0.05, 0.1) is 11.7 Å². The summed E-state index contributed by atoms with van der Waals surface area (Å²) in [5.41, 5.74) is 2.21. The molecule has 1 aliphatic heterocycles. The minimum atomic E-state index is -0.101. The van der Waals surface area contributed by atoms with E-state index in [1.54, 1.807) is 7.11 Å². The number of aliphatic hydroxyl groups is 1. The van der Waals surface area contributed by atoms with Crippen molar-refractivity contribution in [1.82, 2.24) is 0 Å². The number of methoxy groups -OCH3 is 1. The molecule has 0 radical (unpaired) electrons. The number of ether oxygens (including phenoxy) is 1. The summed E-state index contributed by atoms with van der Waals surface area (Å²) in [6, 6.07) is 5.97. The van der Waals surface area contributed by atoms with E-state index in [0.717, 1.165) is 11.3 Å². The standard InChI is InChI=1S/C14H16O2S2/c1-16-12-6-5-11(4-2-7-15)13(10-12)14-17-8-3-9-18-14/h5-6,10,14-15H,3,7-9H2,1H3. The van der Waals surface area contributed by atoms with Crippen molar-refractivity contribution in [2.45, 2.75) is 11.0 Å². The number of rotatable bonds is 2. The van der Waals surface area contributed by atoms with Crippen LogP contribution in [-0.2, 0) is 0 Å². The van der Waals surface area contributed by atoms with Crippen LogP contribution >= 0.6 is 23.5 Å². The molecule has 0 spiro atoms. The molecule has 0 aliphatic carbocycles. The molecule has 0 aromatic heterocycles. The summed E-state index contributed by atoms with van der Waals surface area (Å²) in [7, 11) is 1.68. The third-order valence-corrected chi connectivity index (χ3v) is 5.62. The van der Waals surface area contributed by atoms with Crippen molar-refractivity contribution in [3.63, 3.8) is 0 Å². The first-order valence-corrected chi connectivity index (χ1v) is 7.96. The zero-order valence-electron chi connectivity index (χ0n) is 10.3. The predicted octanol–water partition coefficient (Wildman–Crippen LogP) is 2.91. The van der Waals surface area contributed by atoms with Crippen LogP contribution in [0.2, 0.25) is 0 Å². The highest BCUT2D eigenvalue weighted by Crippen LogP contribution is 2.45. The lowest BCUT2D eigenvalue weighted by molar-refractivity contribution is 0.350. The first-order chi connectivity index (χ1) is 8.85. The van der Waals surface area contributed by atoms with Gasteiger partial charge in [0.25, 0.3) is 0 Å². The Bertz CT molecular complexity index is 457. The van der Waals surface area contributed by atoms with E-state index in [1.165, 1.54) is 23.5 Å². The molecule has 1 fully saturated rings. The molecule has 96 valence electrons. The second-order valence-electron chi connectivity index (χ2n) is 3.84. The largest absolute Gasteiger partial charge is 0.497 e. The fraction of sp³-hybridized carbons (Fsp3) is 0.429. The van der Waals surface area contributed by atoms with E-state index >= 15 is 0 Å². The van der Waals surface area contributed by atoms with Crippen molar-refractivity contribution in [2.24, 2.45) is 0 Å². The van der Waals surface area contributed by atoms with E-state index in [9.17, 15) is 0 Å². The maximum atomic E-state index is 8.82. The molecule has 0 saturated carbocycles. The Labute approximate surface area is 116 Å². The summed E-state index contributed by atoms with van der Waals surface area (Å²) < 4.78 is 5.72. The van der Waals surface area contributed by atoms with Crippen LogP contribution in [0.5, 0.6) is 5.75 Å². The fourth-order valence-electron chi connectivity index (χ4n) is 1.78. The Balaban J connectivity index is 2.33. The van der Waals surface area contributed by atoms with E-state index < -0.39 is 0 Å². The van der Waals surface area contributed by atoms with Crippen LogP contribution in [0.3, 0.4) is 0 Å². The molecule has 0 amide bonds. The highest BCUT2D eigenvalue weighted by Gasteiger charge is 2.19. The third-order valence-electron chi connectivity index (χ3n) is 2.64. The molecule has 1 N–H and O–H groups in total. The molecule has 18 heavy (non-hydrogen) atoms. The van der Waals surface area contributed by atoms with Gasteiger partial charge in [-0.1, -0.05) is 11.8 Å². The highest BCUT2D eigenvalue weighted by molar-refractivity contribution is 8.16. The fourth-order valence-corrected chi connectivity index (χ4v) is 4.72. The molecule has 0 unspecified atom stereocenters. The number of hydrogen-bond acceptors (Lipinski definition) is 4. The minimum absolute atomic E-state index is 0.101. The summed E-state index contributed by atoms with van der Waals surface area (Å²) in [5, 5.41) is 8.82. The van der Waals surface area contributed by atoms with Gasteiger partial charge >= 0.3 is 0 Å². The molecular weight excluding hydrogens is 264 g/mol. The first-order valence-electron chi connectivity index (χ1n) is 5.86. The Kier molecular flexibility index (Phi) is 5.30. The Hall–Kier alpha value is -0.760. The zero-order chi connectivity index (χ0) is 12.8. The van der Waals surface area contributed by atoms with E-state index in [0.29, 0.717) is 4.58 Å². The molecule has 0 bridgehead atoms. The van der Waals surface area contributed by atoms with Gasteiger partial charge in [-0.15, -0.1) is 23.5 Å². The van der Waals surface area contributed by atoms with Crippen molar-refractivity contribution < 1.29 is 9.84 Å². The second kappa shape index (κ2) is 6.98. The van der Waals surface area contributed by atoms with Crippen LogP contribution in [0.1, 0.15) is 22.1 Å². The Morgan fingerprint density at radius 2 is 2.17 bits per heavy atom. The van der Waals surface area contributed by atoms with Gasteiger partial charge in [-0.05, 0) is 41.7 Å². The van der Waals surface area contributed by atoms with Gasteiger partial charge < -0.3 is 9.84 Å². The lowest BCUT2D eigenvalue weighted by Gasteiger charge is -2.22. The number of aliphatic hydroxyl groups excluding tert-OH is 1. The van der Waals surface area contributed by atoms with Gasteiger partial charge in [-0.2, -0.15) is 0 Å². The van der Waals surface area contributed by atoms with Crippen LogP contribution < -0.4 is 4.74 Å². The van der Waals surface area contributed by atoms with Crippen LogP contribution in [0.4, 0.5) is 0 Å². The molecule has 1 saturated heterocycles. The molecule has 1 heterocycles. The highest BCUT2D eigenvalue weighted by atomic mass is 32.2. The van der Waals surface area contributed by atoms with E-state index in [-0.39, 0.29) is 6.61 Å². The van der Waals surface area contributed by atoms with Gasteiger partial charge in [-0.25, -0.2) is 0 Å². The van der Waals surface area contributed by atoms with Gasteiger partial charge in [0.15, 0.2) is 0 Å². The lowest BCUT2D eigenvalue weighted by Crippen LogP contribution is -2.02. The van der Waals surface area contributed by atoms with Crippen LogP contribution in [0, 0.1) is 11.8 Å². The number of thioether (sulfide) groups is 2. The predicted molar refractivity (Wildman–Crippen MR) is 79.2 cm³/mol. The van der Waals surface area contributed by atoms with Crippen LogP contribution in [0.15, 0.2) is 18.2 Å². The molecule has 1 aromatic carbocycles. The summed E-state index contributed by atoms with van der Waals surface area (Å²) in [6.07, 6.45) is 1.27. The minimum Gasteiger partial charge on any atom is -0.497 e. The van der Waals surface area contributed by atoms with Crippen molar-refractivity contribution >= 4 is 23.5 Å². The topological polar surface area (TPSA) is 29.5 Å². The quantitative estimate of drug-likeness (QED) is 0.844.